The molecule has 0 spiro atoms. The fraction of sp³-hybridized carbons (Fsp3) is 0.375. The van der Waals surface area contributed by atoms with E-state index in [0.717, 1.165) is 37.9 Å². The standard InChI is InChI=1S/C24H27N3O4/c1-31-18-10-7-16(8-11-18)21(28)15-25-23(29)17-9-12-19-20(14-17)26-22-6-4-2-3-5-13-27(22)24(19)30/h7-12,14,21,28H,2-6,13,15H2,1H3,(H,25,29). The van der Waals surface area contributed by atoms with Gasteiger partial charge in [0, 0.05) is 25.1 Å². The van der Waals surface area contributed by atoms with Crippen molar-refractivity contribution < 1.29 is 14.6 Å². The molecule has 162 valence electrons. The summed E-state index contributed by atoms with van der Waals surface area (Å²) in [7, 11) is 1.58. The van der Waals surface area contributed by atoms with Crippen molar-refractivity contribution in [1.82, 2.24) is 14.9 Å². The van der Waals surface area contributed by atoms with E-state index in [1.54, 1.807) is 54.1 Å². The van der Waals surface area contributed by atoms with E-state index in [1.165, 1.54) is 0 Å². The van der Waals surface area contributed by atoms with Crippen molar-refractivity contribution in [3.8, 4) is 5.75 Å². The summed E-state index contributed by atoms with van der Waals surface area (Å²) in [6, 6.07) is 12.0. The van der Waals surface area contributed by atoms with E-state index in [2.05, 4.69) is 5.32 Å². The van der Waals surface area contributed by atoms with Crippen molar-refractivity contribution in [1.29, 1.82) is 0 Å². The van der Waals surface area contributed by atoms with Crippen LogP contribution in [0.15, 0.2) is 47.3 Å². The largest absolute Gasteiger partial charge is 0.497 e. The molecule has 0 aliphatic carbocycles. The highest BCUT2D eigenvalue weighted by molar-refractivity contribution is 5.97. The molecule has 0 bridgehead atoms. The Morgan fingerprint density at radius 3 is 2.71 bits per heavy atom. The first kappa shape index (κ1) is 21.1. The first-order valence-electron chi connectivity index (χ1n) is 10.7. The van der Waals surface area contributed by atoms with Crippen LogP contribution in [0.25, 0.3) is 10.9 Å². The number of carbonyl (C=O) groups excluding carboxylic acids is 1. The molecule has 2 aromatic carbocycles. The fourth-order valence-corrected chi connectivity index (χ4v) is 3.97. The number of aliphatic hydroxyl groups excluding tert-OH is 1. The van der Waals surface area contributed by atoms with Crippen LogP contribution in [0.1, 0.15) is 53.5 Å². The lowest BCUT2D eigenvalue weighted by Crippen LogP contribution is -2.29. The van der Waals surface area contributed by atoms with Crippen molar-refractivity contribution >= 4 is 16.8 Å². The van der Waals surface area contributed by atoms with E-state index in [0.29, 0.717) is 34.3 Å². The van der Waals surface area contributed by atoms with Crippen LogP contribution in [0.2, 0.25) is 0 Å². The molecular weight excluding hydrogens is 394 g/mol. The first-order chi connectivity index (χ1) is 15.1. The van der Waals surface area contributed by atoms with Crippen molar-refractivity contribution in [2.24, 2.45) is 0 Å². The number of hydrogen-bond donors (Lipinski definition) is 2. The average Bonchev–Trinajstić information content (AvgIpc) is 2.78. The number of benzene rings is 2. The van der Waals surface area contributed by atoms with Crippen LogP contribution < -0.4 is 15.6 Å². The molecule has 7 heteroatoms. The second kappa shape index (κ2) is 9.31. The zero-order valence-electron chi connectivity index (χ0n) is 17.6. The number of nitrogens with zero attached hydrogens (tertiary/aromatic N) is 2. The lowest BCUT2D eigenvalue weighted by molar-refractivity contribution is 0.0916. The van der Waals surface area contributed by atoms with Gasteiger partial charge < -0.3 is 15.2 Å². The smallest absolute Gasteiger partial charge is 0.261 e. The van der Waals surface area contributed by atoms with Crippen LogP contribution in [-0.2, 0) is 13.0 Å². The van der Waals surface area contributed by atoms with Gasteiger partial charge in [-0.25, -0.2) is 4.98 Å². The molecule has 1 amide bonds. The van der Waals surface area contributed by atoms with Crippen LogP contribution in [-0.4, -0.2) is 34.2 Å². The maximum atomic E-state index is 12.9. The average molecular weight is 421 g/mol. The summed E-state index contributed by atoms with van der Waals surface area (Å²) in [6.07, 6.45) is 4.21. The minimum Gasteiger partial charge on any atom is -0.497 e. The number of rotatable bonds is 5. The number of ether oxygens (including phenoxy) is 1. The van der Waals surface area contributed by atoms with Crippen LogP contribution >= 0.6 is 0 Å². The molecule has 1 unspecified atom stereocenters. The molecule has 0 radical (unpaired) electrons. The number of carbonyl (C=O) groups is 1. The summed E-state index contributed by atoms with van der Waals surface area (Å²) in [5, 5.41) is 13.6. The van der Waals surface area contributed by atoms with E-state index < -0.39 is 6.10 Å². The molecule has 31 heavy (non-hydrogen) atoms. The lowest BCUT2D eigenvalue weighted by Gasteiger charge is -2.16. The van der Waals surface area contributed by atoms with Gasteiger partial charge in [0.15, 0.2) is 0 Å². The highest BCUT2D eigenvalue weighted by Gasteiger charge is 2.16. The van der Waals surface area contributed by atoms with E-state index in [-0.39, 0.29) is 18.0 Å². The molecule has 3 aromatic rings. The van der Waals surface area contributed by atoms with Gasteiger partial charge in [-0.3, -0.25) is 14.2 Å². The molecule has 2 heterocycles. The number of aliphatic hydroxyl groups is 1. The third-order valence-corrected chi connectivity index (χ3v) is 5.79. The van der Waals surface area contributed by atoms with Crippen LogP contribution in [0, 0.1) is 0 Å². The maximum absolute atomic E-state index is 12.9. The van der Waals surface area contributed by atoms with Crippen molar-refractivity contribution in [2.75, 3.05) is 13.7 Å². The second-order valence-electron chi connectivity index (χ2n) is 7.88. The Balaban J connectivity index is 1.51. The summed E-state index contributed by atoms with van der Waals surface area (Å²) in [5.41, 5.74) is 1.61. The van der Waals surface area contributed by atoms with Crippen molar-refractivity contribution in [3.05, 3.63) is 69.8 Å². The van der Waals surface area contributed by atoms with Crippen molar-refractivity contribution in [2.45, 2.75) is 44.8 Å². The summed E-state index contributed by atoms with van der Waals surface area (Å²) < 4.78 is 6.90. The normalized spacial score (nSPS) is 14.9. The zero-order valence-corrected chi connectivity index (χ0v) is 17.6. The summed E-state index contributed by atoms with van der Waals surface area (Å²) >= 11 is 0. The molecular formula is C24H27N3O4. The quantitative estimate of drug-likeness (QED) is 0.661. The molecule has 0 fully saturated rings. The highest BCUT2D eigenvalue weighted by Crippen LogP contribution is 2.18. The number of methoxy groups -OCH3 is 1. The SMILES string of the molecule is COc1ccc(C(O)CNC(=O)c2ccc3c(=O)n4c(nc3c2)CCCCCC4)cc1. The van der Waals surface area contributed by atoms with E-state index in [1.807, 2.05) is 0 Å². The second-order valence-corrected chi connectivity index (χ2v) is 7.88. The lowest BCUT2D eigenvalue weighted by atomic mass is 10.1. The summed E-state index contributed by atoms with van der Waals surface area (Å²) in [5.74, 6) is 1.18. The molecule has 2 N–H and O–H groups in total. The molecule has 7 nitrogen and oxygen atoms in total. The number of nitrogens with one attached hydrogen (secondary N) is 1. The molecule has 1 aromatic heterocycles. The van der Waals surface area contributed by atoms with Gasteiger partial charge in [-0.2, -0.15) is 0 Å². The zero-order chi connectivity index (χ0) is 21.8. The highest BCUT2D eigenvalue weighted by atomic mass is 16.5. The van der Waals surface area contributed by atoms with E-state index in [4.69, 9.17) is 9.72 Å². The number of aromatic nitrogens is 2. The van der Waals surface area contributed by atoms with Gasteiger partial charge in [-0.15, -0.1) is 0 Å². The maximum Gasteiger partial charge on any atom is 0.261 e. The van der Waals surface area contributed by atoms with Gasteiger partial charge in [0.05, 0.1) is 24.1 Å². The predicted molar refractivity (Wildman–Crippen MR) is 118 cm³/mol. The van der Waals surface area contributed by atoms with E-state index in [9.17, 15) is 14.7 Å². The Hall–Kier alpha value is -3.19. The van der Waals surface area contributed by atoms with Crippen LogP contribution in [0.5, 0.6) is 5.75 Å². The Bertz CT molecular complexity index is 1140. The monoisotopic (exact) mass is 421 g/mol. The number of aryl methyl sites for hydroxylation is 1. The van der Waals surface area contributed by atoms with Gasteiger partial charge in [-0.05, 0) is 48.7 Å². The minimum absolute atomic E-state index is 0.0382. The Morgan fingerprint density at radius 2 is 1.94 bits per heavy atom. The third kappa shape index (κ3) is 4.61. The molecule has 0 saturated heterocycles. The van der Waals surface area contributed by atoms with Gasteiger partial charge in [0.25, 0.3) is 11.5 Å². The van der Waals surface area contributed by atoms with Gasteiger partial charge in [0.1, 0.15) is 11.6 Å². The third-order valence-electron chi connectivity index (χ3n) is 5.79. The van der Waals surface area contributed by atoms with Gasteiger partial charge >= 0.3 is 0 Å². The minimum atomic E-state index is -0.835. The molecule has 1 aliphatic heterocycles. The van der Waals surface area contributed by atoms with Crippen LogP contribution in [0.3, 0.4) is 0 Å². The number of hydrogen-bond acceptors (Lipinski definition) is 5. The number of amides is 1. The molecule has 0 saturated carbocycles. The van der Waals surface area contributed by atoms with Crippen molar-refractivity contribution in [3.63, 3.8) is 0 Å². The first-order valence-corrected chi connectivity index (χ1v) is 10.7. The Kier molecular flexibility index (Phi) is 6.32. The molecule has 1 aliphatic rings. The summed E-state index contributed by atoms with van der Waals surface area (Å²) in [4.78, 5) is 30.3. The predicted octanol–water partition coefficient (Wildman–Crippen LogP) is 2.99. The molecule has 1 atom stereocenters. The molecule has 4 rings (SSSR count). The Morgan fingerprint density at radius 1 is 1.16 bits per heavy atom. The topological polar surface area (TPSA) is 93.5 Å². The van der Waals surface area contributed by atoms with Gasteiger partial charge in [0.2, 0.25) is 0 Å². The fourth-order valence-electron chi connectivity index (χ4n) is 3.97. The van der Waals surface area contributed by atoms with Gasteiger partial charge in [-0.1, -0.05) is 25.0 Å². The number of fused-ring (bicyclic) bond motifs is 2. The van der Waals surface area contributed by atoms with E-state index >= 15 is 0 Å². The van der Waals surface area contributed by atoms with Crippen LogP contribution in [0.4, 0.5) is 0 Å². The Labute approximate surface area is 180 Å². The summed E-state index contributed by atoms with van der Waals surface area (Å²) in [6.45, 7) is 0.770.